The number of thioether (sulfide) groups is 1. The molecule has 0 saturated heterocycles. The lowest BCUT2D eigenvalue weighted by molar-refractivity contribution is -0.131. The molecular weight excluding hydrogens is 184 g/mol. The lowest BCUT2D eigenvalue weighted by Gasteiger charge is -2.20. The normalized spacial score (nSPS) is 12.6. The van der Waals surface area contributed by atoms with Crippen LogP contribution in [-0.2, 0) is 4.79 Å². The van der Waals surface area contributed by atoms with E-state index in [0.29, 0.717) is 0 Å². The third-order valence-electron chi connectivity index (χ3n) is 1.92. The summed E-state index contributed by atoms with van der Waals surface area (Å²) >= 11 is 1.74. The number of carbonyl (C=O) groups excluding carboxylic acids is 1. The molecule has 4 heteroatoms. The molecule has 0 bridgehead atoms. The van der Waals surface area contributed by atoms with Gasteiger partial charge in [0, 0.05) is 19.3 Å². The molecule has 0 radical (unpaired) electrons. The maximum atomic E-state index is 11.5. The highest BCUT2D eigenvalue weighted by molar-refractivity contribution is 7.98. The molecule has 1 amide bonds. The Balaban J connectivity index is 3.79. The average molecular weight is 204 g/mol. The van der Waals surface area contributed by atoms with Gasteiger partial charge in [-0.25, -0.2) is 0 Å². The van der Waals surface area contributed by atoms with Crippen molar-refractivity contribution >= 4 is 17.7 Å². The summed E-state index contributed by atoms with van der Waals surface area (Å²) in [5.41, 5.74) is 5.70. The Morgan fingerprint density at radius 1 is 1.62 bits per heavy atom. The number of likely N-dealkylation sites (N-methyl/N-ethyl adjacent to an activating group) is 1. The molecule has 78 valence electrons. The van der Waals surface area contributed by atoms with Crippen molar-refractivity contribution in [2.24, 2.45) is 5.73 Å². The zero-order valence-electron chi connectivity index (χ0n) is 8.75. The van der Waals surface area contributed by atoms with E-state index < -0.39 is 0 Å². The van der Waals surface area contributed by atoms with Crippen LogP contribution in [0.4, 0.5) is 0 Å². The summed E-state index contributed by atoms with van der Waals surface area (Å²) in [5, 5.41) is 0. The second kappa shape index (κ2) is 7.21. The van der Waals surface area contributed by atoms with Crippen LogP contribution < -0.4 is 5.73 Å². The van der Waals surface area contributed by atoms with Gasteiger partial charge in [-0.15, -0.1) is 0 Å². The first-order valence-corrected chi connectivity index (χ1v) is 6.02. The smallest absolute Gasteiger partial charge is 0.239 e. The molecule has 0 aromatic heterocycles. The average Bonchev–Trinajstić information content (AvgIpc) is 2.13. The summed E-state index contributed by atoms with van der Waals surface area (Å²) in [6.07, 6.45) is 3.77. The van der Waals surface area contributed by atoms with Gasteiger partial charge in [-0.2, -0.15) is 11.8 Å². The van der Waals surface area contributed by atoms with Crippen molar-refractivity contribution in [1.82, 2.24) is 4.90 Å². The van der Waals surface area contributed by atoms with Crippen molar-refractivity contribution < 1.29 is 4.79 Å². The number of hydrogen-bond donors (Lipinski definition) is 1. The largest absolute Gasteiger partial charge is 0.344 e. The molecule has 0 aliphatic rings. The fourth-order valence-electron chi connectivity index (χ4n) is 1.06. The van der Waals surface area contributed by atoms with Gasteiger partial charge in [-0.1, -0.05) is 13.3 Å². The minimum atomic E-state index is -0.308. The SMILES string of the molecule is CCCC(N)C(=O)N(C)CCSC. The fourth-order valence-corrected chi connectivity index (χ4v) is 1.51. The quantitative estimate of drug-likeness (QED) is 0.700. The van der Waals surface area contributed by atoms with Gasteiger partial charge in [-0.05, 0) is 12.7 Å². The second-order valence-electron chi connectivity index (χ2n) is 3.15. The molecule has 0 aliphatic heterocycles. The zero-order valence-corrected chi connectivity index (χ0v) is 9.56. The van der Waals surface area contributed by atoms with Crippen LogP contribution >= 0.6 is 11.8 Å². The van der Waals surface area contributed by atoms with Crippen molar-refractivity contribution in [2.75, 3.05) is 25.6 Å². The first kappa shape index (κ1) is 12.8. The van der Waals surface area contributed by atoms with Gasteiger partial charge in [-0.3, -0.25) is 4.79 Å². The molecule has 0 fully saturated rings. The molecule has 0 aromatic rings. The molecule has 1 atom stereocenters. The van der Waals surface area contributed by atoms with Gasteiger partial charge in [0.25, 0.3) is 0 Å². The van der Waals surface area contributed by atoms with E-state index in [2.05, 4.69) is 0 Å². The van der Waals surface area contributed by atoms with Gasteiger partial charge in [0.1, 0.15) is 0 Å². The van der Waals surface area contributed by atoms with Crippen LogP contribution in [-0.4, -0.2) is 42.4 Å². The fraction of sp³-hybridized carbons (Fsp3) is 0.889. The van der Waals surface area contributed by atoms with Crippen molar-refractivity contribution in [2.45, 2.75) is 25.8 Å². The number of nitrogens with zero attached hydrogens (tertiary/aromatic N) is 1. The highest BCUT2D eigenvalue weighted by atomic mass is 32.2. The van der Waals surface area contributed by atoms with Crippen molar-refractivity contribution in [3.63, 3.8) is 0 Å². The Labute approximate surface area is 85.0 Å². The monoisotopic (exact) mass is 204 g/mol. The van der Waals surface area contributed by atoms with Gasteiger partial charge in [0.15, 0.2) is 0 Å². The number of hydrogen-bond acceptors (Lipinski definition) is 3. The summed E-state index contributed by atoms with van der Waals surface area (Å²) < 4.78 is 0. The first-order chi connectivity index (χ1) is 6.13. The van der Waals surface area contributed by atoms with Crippen molar-refractivity contribution in [3.8, 4) is 0 Å². The number of carbonyl (C=O) groups is 1. The molecule has 0 heterocycles. The number of rotatable bonds is 6. The standard InChI is InChI=1S/C9H20N2OS/c1-4-5-8(10)9(12)11(2)6-7-13-3/h8H,4-7,10H2,1-3H3. The summed E-state index contributed by atoms with van der Waals surface area (Å²) in [6.45, 7) is 2.83. The van der Waals surface area contributed by atoms with E-state index in [1.807, 2.05) is 20.2 Å². The van der Waals surface area contributed by atoms with E-state index in [4.69, 9.17) is 5.73 Å². The van der Waals surface area contributed by atoms with E-state index in [1.165, 1.54) is 0 Å². The molecule has 0 aliphatic carbocycles. The summed E-state index contributed by atoms with van der Waals surface area (Å²) in [5.74, 6) is 1.04. The summed E-state index contributed by atoms with van der Waals surface area (Å²) in [4.78, 5) is 13.2. The maximum Gasteiger partial charge on any atom is 0.239 e. The Bertz CT molecular complexity index is 153. The lowest BCUT2D eigenvalue weighted by atomic mass is 10.1. The molecular formula is C9H20N2OS. The van der Waals surface area contributed by atoms with E-state index in [-0.39, 0.29) is 11.9 Å². The second-order valence-corrected chi connectivity index (χ2v) is 4.13. The highest BCUT2D eigenvalue weighted by Gasteiger charge is 2.15. The van der Waals surface area contributed by atoms with Gasteiger partial charge in [0.05, 0.1) is 6.04 Å². The molecule has 3 nitrogen and oxygen atoms in total. The molecule has 0 saturated carbocycles. The van der Waals surface area contributed by atoms with Crippen LogP contribution in [0.25, 0.3) is 0 Å². The number of amides is 1. The predicted octanol–water partition coefficient (Wildman–Crippen LogP) is 0.935. The van der Waals surface area contributed by atoms with Crippen LogP contribution in [0.15, 0.2) is 0 Å². The predicted molar refractivity (Wildman–Crippen MR) is 58.9 cm³/mol. The third-order valence-corrected chi connectivity index (χ3v) is 2.51. The Morgan fingerprint density at radius 2 is 2.23 bits per heavy atom. The Hall–Kier alpha value is -0.220. The van der Waals surface area contributed by atoms with Crippen LogP contribution in [0.5, 0.6) is 0 Å². The number of nitrogens with two attached hydrogens (primary N) is 1. The first-order valence-electron chi connectivity index (χ1n) is 4.63. The molecule has 2 N–H and O–H groups in total. The van der Waals surface area contributed by atoms with E-state index >= 15 is 0 Å². The van der Waals surface area contributed by atoms with E-state index in [9.17, 15) is 4.79 Å². The van der Waals surface area contributed by atoms with Crippen LogP contribution in [0.3, 0.4) is 0 Å². The third kappa shape index (κ3) is 5.16. The molecule has 0 aromatic carbocycles. The molecule has 0 rings (SSSR count). The lowest BCUT2D eigenvalue weighted by Crippen LogP contribution is -2.42. The zero-order chi connectivity index (χ0) is 10.3. The van der Waals surface area contributed by atoms with Gasteiger partial charge >= 0.3 is 0 Å². The minimum absolute atomic E-state index is 0.0656. The topological polar surface area (TPSA) is 46.3 Å². The molecule has 0 spiro atoms. The van der Waals surface area contributed by atoms with Gasteiger partial charge < -0.3 is 10.6 Å². The Morgan fingerprint density at radius 3 is 2.69 bits per heavy atom. The highest BCUT2D eigenvalue weighted by Crippen LogP contribution is 2.00. The van der Waals surface area contributed by atoms with Crippen molar-refractivity contribution in [3.05, 3.63) is 0 Å². The molecule has 1 unspecified atom stereocenters. The van der Waals surface area contributed by atoms with Crippen LogP contribution in [0.2, 0.25) is 0 Å². The summed E-state index contributed by atoms with van der Waals surface area (Å²) in [7, 11) is 1.81. The molecule has 13 heavy (non-hydrogen) atoms. The van der Waals surface area contributed by atoms with E-state index in [0.717, 1.165) is 25.1 Å². The van der Waals surface area contributed by atoms with Crippen LogP contribution in [0.1, 0.15) is 19.8 Å². The van der Waals surface area contributed by atoms with Crippen molar-refractivity contribution in [1.29, 1.82) is 0 Å². The maximum absolute atomic E-state index is 11.5. The van der Waals surface area contributed by atoms with E-state index in [1.54, 1.807) is 16.7 Å². The minimum Gasteiger partial charge on any atom is -0.344 e. The Kier molecular flexibility index (Phi) is 7.09. The summed E-state index contributed by atoms with van der Waals surface area (Å²) in [6, 6.07) is -0.308. The van der Waals surface area contributed by atoms with Gasteiger partial charge in [0.2, 0.25) is 5.91 Å². The van der Waals surface area contributed by atoms with Crippen LogP contribution in [0, 0.1) is 0 Å².